The number of aromatic nitrogens is 4. The summed E-state index contributed by atoms with van der Waals surface area (Å²) < 4.78 is 0. The van der Waals surface area contributed by atoms with Gasteiger partial charge < -0.3 is 16.5 Å². The Bertz CT molecular complexity index is 570. The van der Waals surface area contributed by atoms with E-state index in [2.05, 4.69) is 19.9 Å². The van der Waals surface area contributed by atoms with Crippen LogP contribution in [0.2, 0.25) is 0 Å². The minimum absolute atomic E-state index is 0.0798. The Kier molecular flexibility index (Phi) is 3.10. The van der Waals surface area contributed by atoms with Crippen LogP contribution in [0.1, 0.15) is 25.6 Å². The molecule has 7 nitrogen and oxygen atoms in total. The van der Waals surface area contributed by atoms with E-state index in [4.69, 9.17) is 11.5 Å². The smallest absolute Gasteiger partial charge is 0.278 e. The van der Waals surface area contributed by atoms with Crippen LogP contribution in [-0.4, -0.2) is 26.0 Å². The average molecular weight is 236 g/mol. The van der Waals surface area contributed by atoms with Gasteiger partial charge in [-0.05, 0) is 19.8 Å². The molecular formula is C10H16N6O. The summed E-state index contributed by atoms with van der Waals surface area (Å²) in [5.74, 6) is 0.820. The van der Waals surface area contributed by atoms with Gasteiger partial charge in [0.15, 0.2) is 11.2 Å². The maximum atomic E-state index is 11.5. The zero-order chi connectivity index (χ0) is 12.4. The Morgan fingerprint density at radius 2 is 2.12 bits per heavy atom. The molecule has 0 radical (unpaired) electrons. The van der Waals surface area contributed by atoms with Crippen LogP contribution in [0.5, 0.6) is 0 Å². The highest BCUT2D eigenvalue weighted by Crippen LogP contribution is 2.07. The lowest BCUT2D eigenvalue weighted by atomic mass is 10.1. The second-order valence-electron chi connectivity index (χ2n) is 4.20. The molecule has 2 rings (SSSR count). The molecule has 0 fully saturated rings. The van der Waals surface area contributed by atoms with Crippen molar-refractivity contribution in [3.8, 4) is 0 Å². The molecule has 0 aliphatic carbocycles. The molecule has 1 atom stereocenters. The van der Waals surface area contributed by atoms with E-state index in [-0.39, 0.29) is 17.5 Å². The number of H-pyrrole nitrogens is 2. The molecule has 0 bridgehead atoms. The van der Waals surface area contributed by atoms with Crippen molar-refractivity contribution in [3.63, 3.8) is 0 Å². The lowest BCUT2D eigenvalue weighted by Crippen LogP contribution is -2.14. The van der Waals surface area contributed by atoms with Crippen molar-refractivity contribution < 1.29 is 0 Å². The van der Waals surface area contributed by atoms with Gasteiger partial charge in [-0.25, -0.2) is 4.98 Å². The van der Waals surface area contributed by atoms with Crippen LogP contribution < -0.4 is 17.0 Å². The number of hydrogen-bond acceptors (Lipinski definition) is 5. The predicted octanol–water partition coefficient (Wildman–Crippen LogP) is -0.102. The zero-order valence-electron chi connectivity index (χ0n) is 9.66. The number of aromatic amines is 2. The third-order valence-corrected chi connectivity index (χ3v) is 2.50. The number of rotatable bonds is 4. The third kappa shape index (κ3) is 2.62. The number of fused-ring (bicyclic) bond motifs is 1. The van der Waals surface area contributed by atoms with Crippen molar-refractivity contribution in [1.82, 2.24) is 19.9 Å². The molecular weight excluding hydrogens is 220 g/mol. The largest absolute Gasteiger partial charge is 0.369 e. The molecule has 17 heavy (non-hydrogen) atoms. The first-order chi connectivity index (χ1) is 8.06. The van der Waals surface area contributed by atoms with Crippen LogP contribution in [0.25, 0.3) is 11.2 Å². The normalized spacial score (nSPS) is 13.1. The van der Waals surface area contributed by atoms with Gasteiger partial charge in [0.25, 0.3) is 5.56 Å². The van der Waals surface area contributed by atoms with Gasteiger partial charge in [0.05, 0.1) is 0 Å². The summed E-state index contributed by atoms with van der Waals surface area (Å²) in [7, 11) is 0. The Morgan fingerprint density at radius 3 is 2.82 bits per heavy atom. The van der Waals surface area contributed by atoms with Crippen LogP contribution >= 0.6 is 0 Å². The molecule has 0 amide bonds. The zero-order valence-corrected chi connectivity index (χ0v) is 9.66. The number of hydrogen-bond donors (Lipinski definition) is 4. The summed E-state index contributed by atoms with van der Waals surface area (Å²) in [4.78, 5) is 25.1. The van der Waals surface area contributed by atoms with Crippen LogP contribution in [0.4, 0.5) is 5.95 Å². The van der Waals surface area contributed by atoms with Gasteiger partial charge in [-0.1, -0.05) is 0 Å². The highest BCUT2D eigenvalue weighted by Gasteiger charge is 2.08. The fraction of sp³-hybridized carbons (Fsp3) is 0.500. The van der Waals surface area contributed by atoms with Gasteiger partial charge in [-0.15, -0.1) is 0 Å². The number of nitrogens with two attached hydrogens (primary N) is 2. The Hall–Kier alpha value is -1.89. The summed E-state index contributed by atoms with van der Waals surface area (Å²) in [5, 5.41) is 0. The van der Waals surface area contributed by atoms with E-state index in [9.17, 15) is 4.79 Å². The van der Waals surface area contributed by atoms with Crippen molar-refractivity contribution in [2.45, 2.75) is 32.2 Å². The fourth-order valence-corrected chi connectivity index (χ4v) is 1.68. The summed E-state index contributed by atoms with van der Waals surface area (Å²) in [6.07, 6.45) is 2.59. The average Bonchev–Trinajstić information content (AvgIpc) is 2.60. The number of nitrogens with one attached hydrogen (secondary N) is 2. The van der Waals surface area contributed by atoms with E-state index in [0.717, 1.165) is 25.1 Å². The molecule has 6 N–H and O–H groups in total. The summed E-state index contributed by atoms with van der Waals surface area (Å²) >= 11 is 0. The molecule has 0 spiro atoms. The second-order valence-corrected chi connectivity index (χ2v) is 4.20. The maximum absolute atomic E-state index is 11.5. The van der Waals surface area contributed by atoms with Crippen molar-refractivity contribution in [2.75, 3.05) is 5.73 Å². The van der Waals surface area contributed by atoms with Crippen LogP contribution in [-0.2, 0) is 6.42 Å². The van der Waals surface area contributed by atoms with Gasteiger partial charge >= 0.3 is 0 Å². The summed E-state index contributed by atoms with van der Waals surface area (Å²) in [5.41, 5.74) is 11.5. The third-order valence-electron chi connectivity index (χ3n) is 2.50. The highest BCUT2D eigenvalue weighted by atomic mass is 16.1. The van der Waals surface area contributed by atoms with E-state index in [1.165, 1.54) is 0 Å². The number of imidazole rings is 1. The van der Waals surface area contributed by atoms with E-state index in [1.54, 1.807) is 0 Å². The number of anilines is 1. The number of aryl methyl sites for hydroxylation is 1. The SMILES string of the molecule is CC(N)CCCc1nc2nc(N)[nH]c(=O)c2[nH]1. The summed E-state index contributed by atoms with van der Waals surface area (Å²) in [6.45, 7) is 1.96. The lowest BCUT2D eigenvalue weighted by Gasteiger charge is -2.01. The molecule has 0 saturated carbocycles. The standard InChI is InChI=1S/C10H16N6O/c1-5(11)3-2-4-6-13-7-8(14-6)15-10(12)16-9(7)17/h5H,2-4,11H2,1H3,(H4,12,13,14,15,16,17). The molecule has 0 aromatic carbocycles. The van der Waals surface area contributed by atoms with Crippen molar-refractivity contribution in [2.24, 2.45) is 5.73 Å². The van der Waals surface area contributed by atoms with E-state index < -0.39 is 0 Å². The Morgan fingerprint density at radius 1 is 1.35 bits per heavy atom. The second kappa shape index (κ2) is 4.54. The van der Waals surface area contributed by atoms with Gasteiger partial charge in [0.2, 0.25) is 5.95 Å². The highest BCUT2D eigenvalue weighted by molar-refractivity contribution is 5.70. The quantitative estimate of drug-likeness (QED) is 0.589. The molecule has 0 aliphatic rings. The molecule has 2 aromatic heterocycles. The molecule has 0 aliphatic heterocycles. The molecule has 7 heteroatoms. The number of nitrogens with zero attached hydrogens (tertiary/aromatic N) is 2. The van der Waals surface area contributed by atoms with E-state index in [1.807, 2.05) is 6.92 Å². The Balaban J connectivity index is 2.20. The van der Waals surface area contributed by atoms with Gasteiger partial charge in [0.1, 0.15) is 5.82 Å². The lowest BCUT2D eigenvalue weighted by molar-refractivity contribution is 0.616. The molecule has 2 aromatic rings. The van der Waals surface area contributed by atoms with E-state index in [0.29, 0.717) is 11.2 Å². The van der Waals surface area contributed by atoms with Crippen LogP contribution in [0.15, 0.2) is 4.79 Å². The fourth-order valence-electron chi connectivity index (χ4n) is 1.68. The first-order valence-electron chi connectivity index (χ1n) is 5.56. The predicted molar refractivity (Wildman–Crippen MR) is 65.5 cm³/mol. The molecule has 2 heterocycles. The van der Waals surface area contributed by atoms with Crippen LogP contribution in [0.3, 0.4) is 0 Å². The first kappa shape index (κ1) is 11.6. The minimum Gasteiger partial charge on any atom is -0.369 e. The first-order valence-corrected chi connectivity index (χ1v) is 5.56. The molecule has 92 valence electrons. The van der Waals surface area contributed by atoms with Crippen LogP contribution in [0, 0.1) is 0 Å². The van der Waals surface area contributed by atoms with Gasteiger partial charge in [0, 0.05) is 12.5 Å². The monoisotopic (exact) mass is 236 g/mol. The van der Waals surface area contributed by atoms with Crippen molar-refractivity contribution in [1.29, 1.82) is 0 Å². The molecule has 1 unspecified atom stereocenters. The molecule has 0 saturated heterocycles. The number of nitrogen functional groups attached to an aromatic ring is 1. The minimum atomic E-state index is -0.293. The van der Waals surface area contributed by atoms with Crippen molar-refractivity contribution in [3.05, 3.63) is 16.2 Å². The van der Waals surface area contributed by atoms with Gasteiger partial charge in [-0.2, -0.15) is 4.98 Å². The maximum Gasteiger partial charge on any atom is 0.278 e. The summed E-state index contributed by atoms with van der Waals surface area (Å²) in [6, 6.07) is 0.177. The Labute approximate surface area is 97.6 Å². The van der Waals surface area contributed by atoms with E-state index >= 15 is 0 Å². The van der Waals surface area contributed by atoms with Gasteiger partial charge in [-0.3, -0.25) is 9.78 Å². The topological polar surface area (TPSA) is 126 Å². The van der Waals surface area contributed by atoms with Crippen molar-refractivity contribution >= 4 is 17.1 Å².